The highest BCUT2D eigenvalue weighted by molar-refractivity contribution is 7.11. The van der Waals surface area contributed by atoms with Gasteiger partial charge in [0.15, 0.2) is 0 Å². The summed E-state index contributed by atoms with van der Waals surface area (Å²) in [5, 5.41) is 10.1. The molecule has 0 aliphatic heterocycles. The van der Waals surface area contributed by atoms with Crippen LogP contribution in [-0.2, 0) is 16.1 Å². The molecule has 19 heavy (non-hydrogen) atoms. The van der Waals surface area contributed by atoms with Crippen molar-refractivity contribution < 1.29 is 14.7 Å². The van der Waals surface area contributed by atoms with E-state index < -0.39 is 11.9 Å². The zero-order valence-electron chi connectivity index (χ0n) is 11.1. The summed E-state index contributed by atoms with van der Waals surface area (Å²) in [6.07, 6.45) is 3.88. The Balaban J connectivity index is 2.00. The summed E-state index contributed by atoms with van der Waals surface area (Å²) in [6, 6.07) is 0. The van der Waals surface area contributed by atoms with Gasteiger partial charge in [0.05, 0.1) is 23.4 Å². The van der Waals surface area contributed by atoms with Crippen LogP contribution in [0.3, 0.4) is 0 Å². The maximum Gasteiger partial charge on any atom is 0.307 e. The highest BCUT2D eigenvalue weighted by atomic mass is 32.1. The molecule has 2 atom stereocenters. The van der Waals surface area contributed by atoms with Crippen LogP contribution in [0.25, 0.3) is 0 Å². The molecular formula is C13H18N2O3S. The molecule has 5 nitrogen and oxygen atoms in total. The van der Waals surface area contributed by atoms with E-state index >= 15 is 0 Å². The van der Waals surface area contributed by atoms with Crippen molar-refractivity contribution in [2.75, 3.05) is 7.05 Å². The van der Waals surface area contributed by atoms with E-state index in [0.717, 1.165) is 16.3 Å². The Morgan fingerprint density at radius 2 is 2.16 bits per heavy atom. The lowest BCUT2D eigenvalue weighted by Crippen LogP contribution is -2.36. The number of hydrogen-bond donors (Lipinski definition) is 1. The predicted octanol–water partition coefficient (Wildman–Crippen LogP) is 1.91. The average molecular weight is 282 g/mol. The zero-order valence-corrected chi connectivity index (χ0v) is 11.9. The van der Waals surface area contributed by atoms with Gasteiger partial charge in [-0.25, -0.2) is 4.98 Å². The summed E-state index contributed by atoms with van der Waals surface area (Å²) in [7, 11) is 1.73. The van der Waals surface area contributed by atoms with E-state index in [4.69, 9.17) is 5.11 Å². The molecule has 1 heterocycles. The van der Waals surface area contributed by atoms with Gasteiger partial charge in [0.2, 0.25) is 5.91 Å². The zero-order chi connectivity index (χ0) is 14.0. The van der Waals surface area contributed by atoms with E-state index in [1.165, 1.54) is 0 Å². The summed E-state index contributed by atoms with van der Waals surface area (Å²) in [5.74, 6) is -1.79. The molecule has 1 aliphatic carbocycles. The van der Waals surface area contributed by atoms with Crippen LogP contribution in [0.4, 0.5) is 0 Å². The molecule has 1 saturated carbocycles. The topological polar surface area (TPSA) is 70.5 Å². The van der Waals surface area contributed by atoms with Gasteiger partial charge in [-0.05, 0) is 19.8 Å². The highest BCUT2D eigenvalue weighted by Gasteiger charge is 2.38. The van der Waals surface area contributed by atoms with Gasteiger partial charge in [0.1, 0.15) is 0 Å². The molecule has 0 spiro atoms. The fourth-order valence-electron chi connectivity index (χ4n) is 2.62. The fraction of sp³-hybridized carbons (Fsp3) is 0.615. The minimum absolute atomic E-state index is 0.0593. The van der Waals surface area contributed by atoms with Gasteiger partial charge in [-0.3, -0.25) is 9.59 Å². The lowest BCUT2D eigenvalue weighted by atomic mass is 9.95. The largest absolute Gasteiger partial charge is 0.481 e. The number of carboxylic acids is 1. The lowest BCUT2D eigenvalue weighted by molar-refractivity contribution is -0.148. The number of nitrogens with zero attached hydrogens (tertiary/aromatic N) is 2. The minimum Gasteiger partial charge on any atom is -0.481 e. The van der Waals surface area contributed by atoms with Crippen molar-refractivity contribution in [3.8, 4) is 0 Å². The Kier molecular flexibility index (Phi) is 4.19. The van der Waals surface area contributed by atoms with Crippen LogP contribution in [0.2, 0.25) is 0 Å². The SMILES string of the molecule is Cc1ncc(CN(C)C(=O)C2CCCC2C(=O)O)s1. The molecule has 0 aromatic carbocycles. The van der Waals surface area contributed by atoms with Gasteiger partial charge in [0.25, 0.3) is 0 Å². The summed E-state index contributed by atoms with van der Waals surface area (Å²) >= 11 is 1.56. The van der Waals surface area contributed by atoms with Crippen LogP contribution in [-0.4, -0.2) is 33.9 Å². The smallest absolute Gasteiger partial charge is 0.307 e. The first-order chi connectivity index (χ1) is 8.99. The molecule has 0 saturated heterocycles. The van der Waals surface area contributed by atoms with Gasteiger partial charge >= 0.3 is 5.97 Å². The van der Waals surface area contributed by atoms with Crippen molar-refractivity contribution in [3.63, 3.8) is 0 Å². The molecule has 0 bridgehead atoms. The summed E-state index contributed by atoms with van der Waals surface area (Å²) in [6.45, 7) is 2.43. The molecule has 1 amide bonds. The first-order valence-corrected chi connectivity index (χ1v) is 7.19. The fourth-order valence-corrected chi connectivity index (χ4v) is 3.47. The Hall–Kier alpha value is -1.43. The van der Waals surface area contributed by atoms with E-state index in [1.54, 1.807) is 29.5 Å². The van der Waals surface area contributed by atoms with Crippen molar-refractivity contribution >= 4 is 23.2 Å². The van der Waals surface area contributed by atoms with Gasteiger partial charge in [0, 0.05) is 18.1 Å². The number of hydrogen-bond acceptors (Lipinski definition) is 4. The Bertz CT molecular complexity index is 486. The third kappa shape index (κ3) is 3.12. The van der Waals surface area contributed by atoms with Gasteiger partial charge in [-0.1, -0.05) is 6.42 Å². The molecule has 1 aromatic heterocycles. The third-order valence-electron chi connectivity index (χ3n) is 3.59. The second kappa shape index (κ2) is 5.69. The molecule has 1 fully saturated rings. The van der Waals surface area contributed by atoms with E-state index in [1.807, 2.05) is 6.92 Å². The van der Waals surface area contributed by atoms with Crippen LogP contribution in [0, 0.1) is 18.8 Å². The van der Waals surface area contributed by atoms with Gasteiger partial charge in [-0.2, -0.15) is 0 Å². The number of thiazole rings is 1. The average Bonchev–Trinajstić information content (AvgIpc) is 2.97. The number of aromatic nitrogens is 1. The first-order valence-electron chi connectivity index (χ1n) is 6.38. The Morgan fingerprint density at radius 3 is 2.74 bits per heavy atom. The van der Waals surface area contributed by atoms with Crippen molar-refractivity contribution in [3.05, 3.63) is 16.1 Å². The van der Waals surface area contributed by atoms with Gasteiger partial charge in [-0.15, -0.1) is 11.3 Å². The number of aliphatic carboxylic acids is 1. The van der Waals surface area contributed by atoms with Crippen molar-refractivity contribution in [2.24, 2.45) is 11.8 Å². The number of rotatable bonds is 4. The number of aryl methyl sites for hydroxylation is 1. The Morgan fingerprint density at radius 1 is 1.47 bits per heavy atom. The van der Waals surface area contributed by atoms with Crippen molar-refractivity contribution in [2.45, 2.75) is 32.7 Å². The van der Waals surface area contributed by atoms with Crippen molar-refractivity contribution in [1.29, 1.82) is 0 Å². The number of carbonyl (C=O) groups is 2. The summed E-state index contributed by atoms with van der Waals surface area (Å²) in [5.41, 5.74) is 0. The molecule has 1 N–H and O–H groups in total. The molecule has 2 rings (SSSR count). The number of amides is 1. The summed E-state index contributed by atoms with van der Waals surface area (Å²) < 4.78 is 0. The maximum atomic E-state index is 12.3. The van der Waals surface area contributed by atoms with E-state index in [0.29, 0.717) is 19.4 Å². The maximum absolute atomic E-state index is 12.3. The summed E-state index contributed by atoms with van der Waals surface area (Å²) in [4.78, 5) is 30.2. The van der Waals surface area contributed by atoms with Gasteiger partial charge < -0.3 is 10.0 Å². The van der Waals surface area contributed by atoms with Crippen LogP contribution in [0.15, 0.2) is 6.20 Å². The molecule has 6 heteroatoms. The number of carboxylic acid groups (broad SMARTS) is 1. The quantitative estimate of drug-likeness (QED) is 0.915. The Labute approximate surface area is 116 Å². The molecule has 1 aliphatic rings. The van der Waals surface area contributed by atoms with Crippen LogP contribution in [0.5, 0.6) is 0 Å². The molecule has 0 radical (unpaired) electrons. The second-order valence-corrected chi connectivity index (χ2v) is 6.34. The monoisotopic (exact) mass is 282 g/mol. The second-order valence-electron chi connectivity index (χ2n) is 5.02. The number of carbonyl (C=O) groups excluding carboxylic acids is 1. The normalized spacial score (nSPS) is 22.4. The molecule has 2 unspecified atom stereocenters. The molecular weight excluding hydrogens is 264 g/mol. The van der Waals surface area contributed by atoms with Crippen molar-refractivity contribution in [1.82, 2.24) is 9.88 Å². The van der Waals surface area contributed by atoms with Crippen LogP contribution < -0.4 is 0 Å². The molecule has 104 valence electrons. The standard InChI is InChI=1S/C13H18N2O3S/c1-8-14-6-9(19-8)7-15(2)12(16)10-4-3-5-11(10)13(17)18/h6,10-11H,3-5,7H2,1-2H3,(H,17,18). The van der Waals surface area contributed by atoms with E-state index in [9.17, 15) is 9.59 Å². The van der Waals surface area contributed by atoms with Crippen LogP contribution in [0.1, 0.15) is 29.1 Å². The lowest BCUT2D eigenvalue weighted by Gasteiger charge is -2.22. The predicted molar refractivity (Wildman–Crippen MR) is 71.8 cm³/mol. The highest BCUT2D eigenvalue weighted by Crippen LogP contribution is 2.33. The van der Waals surface area contributed by atoms with Crippen LogP contribution >= 0.6 is 11.3 Å². The van der Waals surface area contributed by atoms with E-state index in [-0.39, 0.29) is 11.8 Å². The third-order valence-corrected chi connectivity index (χ3v) is 4.49. The molecule has 1 aromatic rings. The first kappa shape index (κ1) is 14.0. The van der Waals surface area contributed by atoms with E-state index in [2.05, 4.69) is 4.98 Å². The minimum atomic E-state index is -0.849.